The Labute approximate surface area is 170 Å². The van der Waals surface area contributed by atoms with Gasteiger partial charge in [0.1, 0.15) is 0 Å². The summed E-state index contributed by atoms with van der Waals surface area (Å²) in [6.07, 6.45) is 2.44. The van der Waals surface area contributed by atoms with Crippen LogP contribution in [0.3, 0.4) is 0 Å². The number of nitrogens with one attached hydrogen (secondary N) is 2. The van der Waals surface area contributed by atoms with E-state index in [0.29, 0.717) is 13.2 Å². The fraction of sp³-hybridized carbons (Fsp3) is 0.500. The van der Waals surface area contributed by atoms with Crippen molar-refractivity contribution in [3.05, 3.63) is 35.2 Å². The van der Waals surface area contributed by atoms with Crippen LogP contribution >= 0.6 is 23.7 Å². The van der Waals surface area contributed by atoms with Crippen molar-refractivity contribution in [2.24, 2.45) is 5.41 Å². The van der Waals surface area contributed by atoms with Crippen LogP contribution in [0.4, 0.5) is 0 Å². The third kappa shape index (κ3) is 5.51. The summed E-state index contributed by atoms with van der Waals surface area (Å²) in [6.45, 7) is 3.15. The van der Waals surface area contributed by atoms with Crippen LogP contribution in [0.5, 0.6) is 0 Å². The standard InChI is InChI=1S/C20H26N2O3S.ClH/c1-25-14-20(8-10-21-11-9-20)13-22-19(24)7-6-17(23)16-12-26-18-5-3-2-4-15(16)18;/h2-5,12,21H,6-11,13-14H2,1H3,(H,22,24);1H. The number of hydrogen-bond acceptors (Lipinski definition) is 5. The molecular formula is C20H27ClN2O3S. The average molecular weight is 411 g/mol. The van der Waals surface area contributed by atoms with Gasteiger partial charge in [0.2, 0.25) is 5.91 Å². The Morgan fingerprint density at radius 2 is 1.96 bits per heavy atom. The Kier molecular flexibility index (Phi) is 8.23. The predicted octanol–water partition coefficient (Wildman–Crippen LogP) is 3.42. The van der Waals surface area contributed by atoms with Gasteiger partial charge in [-0.1, -0.05) is 18.2 Å². The Morgan fingerprint density at radius 3 is 2.70 bits per heavy atom. The summed E-state index contributed by atoms with van der Waals surface area (Å²) >= 11 is 1.57. The van der Waals surface area contributed by atoms with Crippen LogP contribution in [0.1, 0.15) is 36.0 Å². The number of carbonyl (C=O) groups excluding carboxylic acids is 2. The van der Waals surface area contributed by atoms with Gasteiger partial charge in [0.25, 0.3) is 0 Å². The number of benzene rings is 1. The smallest absolute Gasteiger partial charge is 0.220 e. The van der Waals surface area contributed by atoms with E-state index in [-0.39, 0.29) is 42.4 Å². The summed E-state index contributed by atoms with van der Waals surface area (Å²) in [4.78, 5) is 24.7. The summed E-state index contributed by atoms with van der Waals surface area (Å²) in [7, 11) is 1.70. The molecule has 0 bridgehead atoms. The molecule has 2 heterocycles. The molecule has 2 aromatic rings. The highest BCUT2D eigenvalue weighted by molar-refractivity contribution is 7.17. The molecule has 0 spiro atoms. The number of hydrogen-bond donors (Lipinski definition) is 2. The number of Topliss-reactive ketones (excluding diaryl/α,β-unsaturated/α-hetero) is 1. The third-order valence-corrected chi connectivity index (χ3v) is 6.10. The number of ether oxygens (including phenoxy) is 1. The molecule has 1 aliphatic rings. The zero-order valence-electron chi connectivity index (χ0n) is 15.6. The summed E-state index contributed by atoms with van der Waals surface area (Å²) < 4.78 is 6.48. The quantitative estimate of drug-likeness (QED) is 0.654. The molecule has 0 saturated carbocycles. The minimum atomic E-state index is -0.0631. The monoisotopic (exact) mass is 410 g/mol. The molecule has 7 heteroatoms. The largest absolute Gasteiger partial charge is 0.384 e. The molecule has 0 atom stereocenters. The SMILES string of the molecule is COCC1(CNC(=O)CCC(=O)c2csc3ccccc23)CCNCC1.Cl. The first kappa shape index (κ1) is 21.8. The topological polar surface area (TPSA) is 67.4 Å². The molecule has 1 aromatic carbocycles. The van der Waals surface area contributed by atoms with Crippen molar-refractivity contribution in [3.63, 3.8) is 0 Å². The summed E-state index contributed by atoms with van der Waals surface area (Å²) in [5.74, 6) is -0.0297. The first-order chi connectivity index (χ1) is 12.6. The van der Waals surface area contributed by atoms with Crippen LogP contribution in [0.2, 0.25) is 0 Å². The van der Waals surface area contributed by atoms with E-state index in [2.05, 4.69) is 10.6 Å². The first-order valence-electron chi connectivity index (χ1n) is 9.09. The molecule has 1 saturated heterocycles. The van der Waals surface area contributed by atoms with Crippen LogP contribution < -0.4 is 10.6 Å². The molecule has 0 radical (unpaired) electrons. The van der Waals surface area contributed by atoms with Gasteiger partial charge in [-0.3, -0.25) is 9.59 Å². The maximum Gasteiger partial charge on any atom is 0.220 e. The van der Waals surface area contributed by atoms with E-state index in [1.54, 1.807) is 18.4 Å². The number of amides is 1. The van der Waals surface area contributed by atoms with Crippen molar-refractivity contribution in [1.29, 1.82) is 0 Å². The highest BCUT2D eigenvalue weighted by Crippen LogP contribution is 2.29. The Bertz CT molecular complexity index is 766. The molecular weight excluding hydrogens is 384 g/mol. The number of rotatable bonds is 8. The van der Waals surface area contributed by atoms with Gasteiger partial charge < -0.3 is 15.4 Å². The number of piperidine rings is 1. The number of halogens is 1. The van der Waals surface area contributed by atoms with E-state index >= 15 is 0 Å². The summed E-state index contributed by atoms with van der Waals surface area (Å²) in [5.41, 5.74) is 0.732. The van der Waals surface area contributed by atoms with E-state index < -0.39 is 0 Å². The molecule has 2 N–H and O–H groups in total. The fourth-order valence-corrected chi connectivity index (χ4v) is 4.53. The normalized spacial score (nSPS) is 15.9. The van der Waals surface area contributed by atoms with E-state index in [9.17, 15) is 9.59 Å². The molecule has 5 nitrogen and oxygen atoms in total. The second-order valence-electron chi connectivity index (χ2n) is 7.03. The van der Waals surface area contributed by atoms with Gasteiger partial charge in [0.05, 0.1) is 6.61 Å². The third-order valence-electron chi connectivity index (χ3n) is 5.14. The Balaban J connectivity index is 0.00000261. The molecule has 0 aliphatic carbocycles. The van der Waals surface area contributed by atoms with Gasteiger partial charge in [-0.25, -0.2) is 0 Å². The van der Waals surface area contributed by atoms with Crippen LogP contribution in [-0.4, -0.2) is 45.0 Å². The van der Waals surface area contributed by atoms with Crippen molar-refractivity contribution in [2.45, 2.75) is 25.7 Å². The minimum Gasteiger partial charge on any atom is -0.384 e. The van der Waals surface area contributed by atoms with Crippen molar-refractivity contribution in [2.75, 3.05) is 33.4 Å². The maximum atomic E-state index is 12.5. The van der Waals surface area contributed by atoms with Crippen LogP contribution in [0.25, 0.3) is 10.1 Å². The van der Waals surface area contributed by atoms with Gasteiger partial charge in [-0.2, -0.15) is 0 Å². The average Bonchev–Trinajstić information content (AvgIpc) is 3.10. The van der Waals surface area contributed by atoms with E-state index in [1.807, 2.05) is 29.6 Å². The zero-order valence-corrected chi connectivity index (χ0v) is 17.2. The van der Waals surface area contributed by atoms with Crippen molar-refractivity contribution >= 4 is 45.5 Å². The highest BCUT2D eigenvalue weighted by Gasteiger charge is 2.32. The zero-order chi connectivity index (χ0) is 18.4. The van der Waals surface area contributed by atoms with Gasteiger partial charge in [0, 0.05) is 52.9 Å². The first-order valence-corrected chi connectivity index (χ1v) is 9.97. The maximum absolute atomic E-state index is 12.5. The summed E-state index contributed by atoms with van der Waals surface area (Å²) in [6, 6.07) is 7.88. The number of fused-ring (bicyclic) bond motifs is 1. The van der Waals surface area contributed by atoms with Gasteiger partial charge in [-0.15, -0.1) is 23.7 Å². The molecule has 1 amide bonds. The molecule has 148 valence electrons. The molecule has 1 aromatic heterocycles. The van der Waals surface area contributed by atoms with Gasteiger partial charge in [0.15, 0.2) is 5.78 Å². The number of thiophene rings is 1. The van der Waals surface area contributed by atoms with E-state index in [0.717, 1.165) is 41.6 Å². The second kappa shape index (κ2) is 10.2. The van der Waals surface area contributed by atoms with Crippen LogP contribution in [0.15, 0.2) is 29.6 Å². The second-order valence-corrected chi connectivity index (χ2v) is 7.94. The highest BCUT2D eigenvalue weighted by atomic mass is 35.5. The minimum absolute atomic E-state index is 0. The lowest BCUT2D eigenvalue weighted by molar-refractivity contribution is -0.122. The summed E-state index contributed by atoms with van der Waals surface area (Å²) in [5, 5.41) is 9.24. The number of ketones is 1. The van der Waals surface area contributed by atoms with Crippen molar-refractivity contribution in [1.82, 2.24) is 10.6 Å². The predicted molar refractivity (Wildman–Crippen MR) is 112 cm³/mol. The van der Waals surface area contributed by atoms with Gasteiger partial charge >= 0.3 is 0 Å². The van der Waals surface area contributed by atoms with E-state index in [1.165, 1.54) is 0 Å². The Morgan fingerprint density at radius 1 is 1.22 bits per heavy atom. The van der Waals surface area contributed by atoms with Crippen molar-refractivity contribution in [3.8, 4) is 0 Å². The van der Waals surface area contributed by atoms with Gasteiger partial charge in [-0.05, 0) is 32.0 Å². The van der Waals surface area contributed by atoms with Crippen molar-refractivity contribution < 1.29 is 14.3 Å². The Hall–Kier alpha value is -1.47. The molecule has 27 heavy (non-hydrogen) atoms. The number of methoxy groups -OCH3 is 1. The lowest BCUT2D eigenvalue weighted by Crippen LogP contribution is -2.47. The van der Waals surface area contributed by atoms with E-state index in [4.69, 9.17) is 4.74 Å². The molecule has 0 unspecified atom stereocenters. The molecule has 3 rings (SSSR count). The lowest BCUT2D eigenvalue weighted by Gasteiger charge is -2.37. The lowest BCUT2D eigenvalue weighted by atomic mass is 9.79. The van der Waals surface area contributed by atoms with Crippen LogP contribution in [0, 0.1) is 5.41 Å². The molecule has 1 fully saturated rings. The fourth-order valence-electron chi connectivity index (χ4n) is 3.57. The van der Waals surface area contributed by atoms with Crippen LogP contribution in [-0.2, 0) is 9.53 Å². The number of carbonyl (C=O) groups is 2. The molecule has 1 aliphatic heterocycles.